The van der Waals surface area contributed by atoms with Crippen molar-refractivity contribution in [3.8, 4) is 11.5 Å². The molecular weight excluding hydrogens is 394 g/mol. The van der Waals surface area contributed by atoms with E-state index >= 15 is 0 Å². The smallest absolute Gasteiger partial charge is 0.243 e. The molecule has 2 aromatic rings. The van der Waals surface area contributed by atoms with Crippen molar-refractivity contribution in [2.75, 3.05) is 20.8 Å². The minimum atomic E-state index is -3.51. The van der Waals surface area contributed by atoms with E-state index in [0.717, 1.165) is 15.6 Å². The molecule has 0 amide bonds. The second kappa shape index (κ2) is 6.74. The zero-order chi connectivity index (χ0) is 17.3. The quantitative estimate of drug-likeness (QED) is 0.774. The fourth-order valence-electron chi connectivity index (χ4n) is 2.84. The third-order valence-corrected chi connectivity index (χ3v) is 6.55. The van der Waals surface area contributed by atoms with Crippen LogP contribution in [0.1, 0.15) is 11.1 Å². The number of hydrogen-bond donors (Lipinski definition) is 0. The van der Waals surface area contributed by atoms with E-state index in [1.165, 1.54) is 4.31 Å². The van der Waals surface area contributed by atoms with Gasteiger partial charge >= 0.3 is 0 Å². The van der Waals surface area contributed by atoms with Gasteiger partial charge in [-0.2, -0.15) is 4.31 Å². The average molecular weight is 412 g/mol. The summed E-state index contributed by atoms with van der Waals surface area (Å²) < 4.78 is 38.7. The van der Waals surface area contributed by atoms with Gasteiger partial charge in [-0.25, -0.2) is 8.42 Å². The zero-order valence-corrected chi connectivity index (χ0v) is 15.9. The van der Waals surface area contributed by atoms with Crippen LogP contribution in [0.3, 0.4) is 0 Å². The number of fused-ring (bicyclic) bond motifs is 1. The van der Waals surface area contributed by atoms with Gasteiger partial charge in [-0.15, -0.1) is 0 Å². The highest BCUT2D eigenvalue weighted by atomic mass is 79.9. The predicted octanol–water partition coefficient (Wildman–Crippen LogP) is 3.21. The molecule has 0 aromatic heterocycles. The van der Waals surface area contributed by atoms with Gasteiger partial charge in [0.15, 0.2) is 0 Å². The summed E-state index contributed by atoms with van der Waals surface area (Å²) in [4.78, 5) is 0.379. The highest BCUT2D eigenvalue weighted by Gasteiger charge is 2.32. The summed E-state index contributed by atoms with van der Waals surface area (Å²) in [6.07, 6.45) is 0.687. The van der Waals surface area contributed by atoms with Gasteiger partial charge in [0, 0.05) is 29.2 Å². The Morgan fingerprint density at radius 2 is 1.92 bits per heavy atom. The first-order valence-electron chi connectivity index (χ1n) is 7.45. The lowest BCUT2D eigenvalue weighted by molar-refractivity contribution is 0.368. The van der Waals surface area contributed by atoms with Crippen LogP contribution in [0.15, 0.2) is 45.8 Å². The molecule has 0 fully saturated rings. The first kappa shape index (κ1) is 17.3. The highest BCUT2D eigenvalue weighted by Crippen LogP contribution is 2.32. The fraction of sp³-hybridized carbons (Fsp3) is 0.294. The Morgan fingerprint density at radius 1 is 1.12 bits per heavy atom. The second-order valence-corrected chi connectivity index (χ2v) is 8.34. The molecule has 128 valence electrons. The number of halogens is 1. The van der Waals surface area contributed by atoms with E-state index in [4.69, 9.17) is 9.47 Å². The van der Waals surface area contributed by atoms with Crippen LogP contribution < -0.4 is 9.47 Å². The normalized spacial score (nSPS) is 16.5. The van der Waals surface area contributed by atoms with Crippen molar-refractivity contribution in [2.24, 2.45) is 0 Å². The molecule has 24 heavy (non-hydrogen) atoms. The molecule has 0 atom stereocenters. The summed E-state index contributed by atoms with van der Waals surface area (Å²) >= 11 is 3.39. The molecule has 0 bridgehead atoms. The molecule has 5 nitrogen and oxygen atoms in total. The Morgan fingerprint density at radius 3 is 2.62 bits per heavy atom. The van der Waals surface area contributed by atoms with Crippen LogP contribution >= 0.6 is 15.9 Å². The molecule has 2 aromatic carbocycles. The zero-order valence-electron chi connectivity index (χ0n) is 13.5. The molecule has 0 spiro atoms. The van der Waals surface area contributed by atoms with Crippen LogP contribution in [0, 0.1) is 0 Å². The number of sulfonamides is 1. The van der Waals surface area contributed by atoms with Crippen molar-refractivity contribution < 1.29 is 17.9 Å². The third-order valence-electron chi connectivity index (χ3n) is 4.11. The van der Waals surface area contributed by atoms with E-state index in [2.05, 4.69) is 15.9 Å². The summed E-state index contributed by atoms with van der Waals surface area (Å²) in [5.41, 5.74) is 1.66. The first-order valence-corrected chi connectivity index (χ1v) is 9.68. The van der Waals surface area contributed by atoms with E-state index in [0.29, 0.717) is 29.4 Å². The van der Waals surface area contributed by atoms with Crippen LogP contribution in [0.5, 0.6) is 11.5 Å². The van der Waals surface area contributed by atoms with Gasteiger partial charge in [-0.05, 0) is 36.2 Å². The van der Waals surface area contributed by atoms with Gasteiger partial charge in [0.2, 0.25) is 10.0 Å². The summed E-state index contributed by atoms with van der Waals surface area (Å²) in [6.45, 7) is 0.714. The average Bonchev–Trinajstić information content (AvgIpc) is 2.57. The molecule has 7 heteroatoms. The summed E-state index contributed by atoms with van der Waals surface area (Å²) in [5.74, 6) is 1.29. The number of hydrogen-bond acceptors (Lipinski definition) is 4. The van der Waals surface area contributed by atoms with Gasteiger partial charge in [-0.3, -0.25) is 0 Å². The van der Waals surface area contributed by atoms with Gasteiger partial charge in [0.1, 0.15) is 11.5 Å². The molecule has 0 saturated heterocycles. The minimum absolute atomic E-state index is 0.269. The molecule has 1 heterocycles. The van der Waals surface area contributed by atoms with Crippen LogP contribution in [0.4, 0.5) is 0 Å². The van der Waals surface area contributed by atoms with E-state index in [-0.39, 0.29) is 6.54 Å². The molecule has 3 rings (SSSR count). The lowest BCUT2D eigenvalue weighted by Gasteiger charge is -2.29. The van der Waals surface area contributed by atoms with E-state index in [1.807, 2.05) is 12.1 Å². The Bertz CT molecular complexity index is 867. The topological polar surface area (TPSA) is 55.8 Å². The van der Waals surface area contributed by atoms with Crippen molar-refractivity contribution in [2.45, 2.75) is 17.9 Å². The SMILES string of the molecule is COc1ccc(CN2CCc3cc(Br)ccc3S2(=O)=O)c(OC)c1. The summed E-state index contributed by atoms with van der Waals surface area (Å²) in [5, 5.41) is 0. The molecule has 1 aliphatic rings. The second-order valence-electron chi connectivity index (χ2n) is 5.52. The maximum atomic E-state index is 12.9. The third kappa shape index (κ3) is 3.16. The van der Waals surface area contributed by atoms with Crippen molar-refractivity contribution in [1.29, 1.82) is 0 Å². The number of rotatable bonds is 4. The standard InChI is InChI=1S/C17H18BrNO4S/c1-22-15-5-3-13(16(10-15)23-2)11-19-8-7-12-9-14(18)4-6-17(12)24(19,20)21/h3-6,9-10H,7-8,11H2,1-2H3. The predicted molar refractivity (Wildman–Crippen MR) is 95.0 cm³/mol. The monoisotopic (exact) mass is 411 g/mol. The lowest BCUT2D eigenvalue weighted by Crippen LogP contribution is -2.36. The highest BCUT2D eigenvalue weighted by molar-refractivity contribution is 9.10. The minimum Gasteiger partial charge on any atom is -0.497 e. The first-order chi connectivity index (χ1) is 11.5. The maximum Gasteiger partial charge on any atom is 0.243 e. The lowest BCUT2D eigenvalue weighted by atomic mass is 10.1. The molecular formula is C17H18BrNO4S. The Labute approximate surface area is 150 Å². The Balaban J connectivity index is 1.93. The van der Waals surface area contributed by atoms with Gasteiger partial charge in [-0.1, -0.05) is 22.0 Å². The molecule has 0 aliphatic carbocycles. The molecule has 0 unspecified atom stereocenters. The van der Waals surface area contributed by atoms with Gasteiger partial charge < -0.3 is 9.47 Å². The van der Waals surface area contributed by atoms with Gasteiger partial charge in [0.05, 0.1) is 19.1 Å². The van der Waals surface area contributed by atoms with E-state index in [9.17, 15) is 8.42 Å². The van der Waals surface area contributed by atoms with Crippen LogP contribution in [-0.2, 0) is 23.0 Å². The van der Waals surface area contributed by atoms with Crippen molar-refractivity contribution >= 4 is 26.0 Å². The van der Waals surface area contributed by atoms with Crippen molar-refractivity contribution in [1.82, 2.24) is 4.31 Å². The van der Waals surface area contributed by atoms with Crippen molar-refractivity contribution in [3.05, 3.63) is 52.0 Å². The molecule has 0 radical (unpaired) electrons. The van der Waals surface area contributed by atoms with E-state index in [1.54, 1.807) is 38.5 Å². The molecule has 0 saturated carbocycles. The summed E-state index contributed by atoms with van der Waals surface area (Å²) in [6, 6.07) is 10.7. The van der Waals surface area contributed by atoms with Crippen LogP contribution in [0.2, 0.25) is 0 Å². The Hall–Kier alpha value is -1.57. The van der Waals surface area contributed by atoms with Crippen LogP contribution in [0.25, 0.3) is 0 Å². The Kier molecular flexibility index (Phi) is 4.85. The number of benzene rings is 2. The molecule has 1 aliphatic heterocycles. The van der Waals surface area contributed by atoms with E-state index < -0.39 is 10.0 Å². The number of ether oxygens (including phenoxy) is 2. The van der Waals surface area contributed by atoms with Crippen LogP contribution in [-0.4, -0.2) is 33.5 Å². The largest absolute Gasteiger partial charge is 0.497 e. The number of methoxy groups -OCH3 is 2. The number of nitrogens with zero attached hydrogens (tertiary/aromatic N) is 1. The molecule has 0 N–H and O–H groups in total. The fourth-order valence-corrected chi connectivity index (χ4v) is 4.90. The van der Waals surface area contributed by atoms with Gasteiger partial charge in [0.25, 0.3) is 0 Å². The maximum absolute atomic E-state index is 12.9. The van der Waals surface area contributed by atoms with Crippen molar-refractivity contribution in [3.63, 3.8) is 0 Å². The summed E-state index contributed by atoms with van der Waals surface area (Å²) in [7, 11) is -0.366.